The lowest BCUT2D eigenvalue weighted by molar-refractivity contribution is -0.120. The summed E-state index contributed by atoms with van der Waals surface area (Å²) in [4.78, 5) is 26.0. The molecular weight excluding hydrogens is 460 g/mol. The van der Waals surface area contributed by atoms with Crippen molar-refractivity contribution < 1.29 is 4.79 Å². The second-order valence-corrected chi connectivity index (χ2v) is 8.82. The van der Waals surface area contributed by atoms with Crippen LogP contribution in [0.25, 0.3) is 22.7 Å². The molecule has 0 spiro atoms. The summed E-state index contributed by atoms with van der Waals surface area (Å²) in [6.45, 7) is 4.18. The van der Waals surface area contributed by atoms with Crippen LogP contribution in [0.3, 0.4) is 0 Å². The molecule has 5 rings (SSSR count). The number of aromatic nitrogens is 7. The maximum atomic E-state index is 13.0. The van der Waals surface area contributed by atoms with E-state index >= 15 is 0 Å². The fraction of sp³-hybridized carbons (Fsp3) is 0.200. The number of amides is 1. The number of hydrogen-bond donors (Lipinski definition) is 1. The number of para-hydroxylation sites is 1. The lowest BCUT2D eigenvalue weighted by Gasteiger charge is -2.11. The SMILES string of the molecule is CSc1nc2nc(C)c(CC(=O)NCc3cn(-c4ccccc4)nc3-c3ccncc3)c(C)n2n1. The minimum atomic E-state index is -0.101. The van der Waals surface area contributed by atoms with E-state index in [2.05, 4.69) is 25.4 Å². The number of hydrogen-bond acceptors (Lipinski definition) is 7. The summed E-state index contributed by atoms with van der Waals surface area (Å²) in [5, 5.41) is 13.0. The minimum Gasteiger partial charge on any atom is -0.352 e. The Morgan fingerprint density at radius 3 is 2.54 bits per heavy atom. The fourth-order valence-electron chi connectivity index (χ4n) is 3.95. The van der Waals surface area contributed by atoms with Crippen molar-refractivity contribution in [3.05, 3.63) is 83.6 Å². The average Bonchev–Trinajstić information content (AvgIpc) is 3.51. The Balaban J connectivity index is 1.38. The number of fused-ring (bicyclic) bond motifs is 1. The number of carbonyl (C=O) groups excluding carboxylic acids is 1. The molecule has 4 aromatic heterocycles. The van der Waals surface area contributed by atoms with Crippen LogP contribution in [0.5, 0.6) is 0 Å². The van der Waals surface area contributed by atoms with Gasteiger partial charge in [0.1, 0.15) is 0 Å². The van der Waals surface area contributed by atoms with Crippen molar-refractivity contribution in [3.8, 4) is 16.9 Å². The number of benzene rings is 1. The zero-order valence-electron chi connectivity index (χ0n) is 19.6. The van der Waals surface area contributed by atoms with Crippen molar-refractivity contribution >= 4 is 23.4 Å². The van der Waals surface area contributed by atoms with Gasteiger partial charge in [-0.2, -0.15) is 10.1 Å². The van der Waals surface area contributed by atoms with E-state index in [0.717, 1.165) is 39.5 Å². The Morgan fingerprint density at radius 2 is 1.80 bits per heavy atom. The third-order valence-corrected chi connectivity index (χ3v) is 6.33. The van der Waals surface area contributed by atoms with E-state index in [1.54, 1.807) is 16.9 Å². The van der Waals surface area contributed by atoms with Crippen LogP contribution >= 0.6 is 11.8 Å². The van der Waals surface area contributed by atoms with Gasteiger partial charge in [0.25, 0.3) is 5.78 Å². The van der Waals surface area contributed by atoms with E-state index in [1.165, 1.54) is 11.8 Å². The average molecular weight is 485 g/mol. The molecular formula is C25H24N8OS. The first-order valence-electron chi connectivity index (χ1n) is 11.1. The standard InChI is InChI=1S/C25H24N8OS/c1-16-21(17(2)33-24(28-16)29-25(31-33)35-3)13-22(34)27-14-19-15-32(20-7-5-4-6-8-20)30-23(19)18-9-11-26-12-10-18/h4-12,15H,13-14H2,1-3H3,(H,27,34). The van der Waals surface area contributed by atoms with Crippen LogP contribution < -0.4 is 5.32 Å². The Bertz CT molecular complexity index is 1490. The zero-order chi connectivity index (χ0) is 24.4. The third kappa shape index (κ3) is 4.65. The largest absolute Gasteiger partial charge is 0.352 e. The molecule has 0 atom stereocenters. The van der Waals surface area contributed by atoms with Crippen LogP contribution in [0, 0.1) is 13.8 Å². The molecule has 0 fully saturated rings. The molecule has 1 amide bonds. The first-order chi connectivity index (χ1) is 17.0. The van der Waals surface area contributed by atoms with Gasteiger partial charge in [-0.1, -0.05) is 30.0 Å². The lowest BCUT2D eigenvalue weighted by Crippen LogP contribution is -2.26. The Kier molecular flexibility index (Phi) is 6.28. The van der Waals surface area contributed by atoms with Gasteiger partial charge in [-0.25, -0.2) is 14.2 Å². The highest BCUT2D eigenvalue weighted by atomic mass is 32.2. The number of aryl methyl sites for hydroxylation is 2. The van der Waals surface area contributed by atoms with E-state index < -0.39 is 0 Å². The molecule has 1 N–H and O–H groups in total. The highest BCUT2D eigenvalue weighted by Gasteiger charge is 2.17. The maximum absolute atomic E-state index is 13.0. The van der Waals surface area contributed by atoms with Gasteiger partial charge in [-0.05, 0) is 44.4 Å². The molecule has 0 aliphatic heterocycles. The van der Waals surface area contributed by atoms with Gasteiger partial charge in [0.05, 0.1) is 17.8 Å². The predicted octanol–water partition coefficient (Wildman–Crippen LogP) is 3.57. The minimum absolute atomic E-state index is 0.101. The Labute approximate surface area is 206 Å². The molecule has 0 bridgehead atoms. The molecule has 0 saturated carbocycles. The molecule has 9 nitrogen and oxygen atoms in total. The van der Waals surface area contributed by atoms with E-state index in [1.807, 2.05) is 73.4 Å². The van der Waals surface area contributed by atoms with E-state index in [-0.39, 0.29) is 12.3 Å². The number of rotatable bonds is 7. The number of thioether (sulfide) groups is 1. The summed E-state index contributed by atoms with van der Waals surface area (Å²) in [7, 11) is 0. The summed E-state index contributed by atoms with van der Waals surface area (Å²) >= 11 is 1.46. The van der Waals surface area contributed by atoms with Gasteiger partial charge < -0.3 is 5.32 Å². The van der Waals surface area contributed by atoms with Gasteiger partial charge >= 0.3 is 0 Å². The molecule has 5 aromatic rings. The predicted molar refractivity (Wildman–Crippen MR) is 134 cm³/mol. The fourth-order valence-corrected chi connectivity index (χ4v) is 4.29. The molecule has 0 aliphatic carbocycles. The number of pyridine rings is 1. The molecule has 0 saturated heterocycles. The molecule has 35 heavy (non-hydrogen) atoms. The molecule has 10 heteroatoms. The van der Waals surface area contributed by atoms with Crippen molar-refractivity contribution in [1.29, 1.82) is 0 Å². The maximum Gasteiger partial charge on any atom is 0.253 e. The van der Waals surface area contributed by atoms with Crippen molar-refractivity contribution in [1.82, 2.24) is 39.7 Å². The number of carbonyl (C=O) groups is 1. The summed E-state index contributed by atoms with van der Waals surface area (Å²) in [5.41, 5.74) is 6.10. The highest BCUT2D eigenvalue weighted by molar-refractivity contribution is 7.98. The second kappa shape index (κ2) is 9.67. The third-order valence-electron chi connectivity index (χ3n) is 5.79. The Hall–Kier alpha value is -4.05. The van der Waals surface area contributed by atoms with Crippen LogP contribution in [0.2, 0.25) is 0 Å². The normalized spacial score (nSPS) is 11.2. The van der Waals surface area contributed by atoms with Crippen molar-refractivity contribution in [2.24, 2.45) is 0 Å². The van der Waals surface area contributed by atoms with Gasteiger partial charge in [0.2, 0.25) is 11.1 Å². The zero-order valence-corrected chi connectivity index (χ0v) is 20.5. The molecule has 0 unspecified atom stereocenters. The van der Waals surface area contributed by atoms with Gasteiger partial charge in [-0.3, -0.25) is 9.78 Å². The van der Waals surface area contributed by atoms with E-state index in [9.17, 15) is 4.79 Å². The van der Waals surface area contributed by atoms with Crippen LogP contribution in [0.1, 0.15) is 22.5 Å². The van der Waals surface area contributed by atoms with Crippen molar-refractivity contribution in [2.45, 2.75) is 32.0 Å². The van der Waals surface area contributed by atoms with Gasteiger partial charge in [0, 0.05) is 53.2 Å². The van der Waals surface area contributed by atoms with Gasteiger partial charge in [0.15, 0.2) is 0 Å². The molecule has 0 aliphatic rings. The topological polar surface area (TPSA) is 103 Å². The summed E-state index contributed by atoms with van der Waals surface area (Å²) in [5.74, 6) is 0.444. The quantitative estimate of drug-likeness (QED) is 0.352. The second-order valence-electron chi connectivity index (χ2n) is 8.04. The first-order valence-corrected chi connectivity index (χ1v) is 12.3. The molecule has 4 heterocycles. The van der Waals surface area contributed by atoms with Crippen LogP contribution in [0.15, 0.2) is 66.2 Å². The van der Waals surface area contributed by atoms with Crippen LogP contribution in [-0.4, -0.2) is 46.5 Å². The molecule has 176 valence electrons. The monoisotopic (exact) mass is 484 g/mol. The van der Waals surface area contributed by atoms with Crippen LogP contribution in [0.4, 0.5) is 0 Å². The molecule has 0 radical (unpaired) electrons. The summed E-state index contributed by atoms with van der Waals surface area (Å²) < 4.78 is 3.53. The van der Waals surface area contributed by atoms with E-state index in [4.69, 9.17) is 5.10 Å². The lowest BCUT2D eigenvalue weighted by atomic mass is 10.1. The summed E-state index contributed by atoms with van der Waals surface area (Å²) in [6, 6.07) is 13.7. The van der Waals surface area contributed by atoms with Crippen molar-refractivity contribution in [3.63, 3.8) is 0 Å². The summed E-state index contributed by atoms with van der Waals surface area (Å²) in [6.07, 6.45) is 7.55. The molecule has 1 aromatic carbocycles. The smallest absolute Gasteiger partial charge is 0.253 e. The number of nitrogens with one attached hydrogen (secondary N) is 1. The van der Waals surface area contributed by atoms with E-state index in [0.29, 0.717) is 17.5 Å². The number of nitrogens with zero attached hydrogens (tertiary/aromatic N) is 7. The Morgan fingerprint density at radius 1 is 1.03 bits per heavy atom. The van der Waals surface area contributed by atoms with Crippen molar-refractivity contribution in [2.75, 3.05) is 6.26 Å². The first kappa shape index (κ1) is 22.7. The highest BCUT2D eigenvalue weighted by Crippen LogP contribution is 2.23. The van der Waals surface area contributed by atoms with Gasteiger partial charge in [-0.15, -0.1) is 5.10 Å². The van der Waals surface area contributed by atoms with Crippen LogP contribution in [-0.2, 0) is 17.8 Å².